The third-order valence-corrected chi connectivity index (χ3v) is 16.7. The Morgan fingerprint density at radius 2 is 1.70 bits per heavy atom. The number of esters is 1. The summed E-state index contributed by atoms with van der Waals surface area (Å²) in [6.45, 7) is 17.1. The van der Waals surface area contributed by atoms with Crippen LogP contribution in [0, 0.1) is 17.8 Å². The van der Waals surface area contributed by atoms with Gasteiger partial charge >= 0.3 is 5.97 Å². The van der Waals surface area contributed by atoms with E-state index in [0.717, 1.165) is 6.42 Å². The predicted molar refractivity (Wildman–Crippen MR) is 103 cm³/mol. The van der Waals surface area contributed by atoms with Crippen LogP contribution in [0.2, 0.25) is 38.3 Å². The second kappa shape index (κ2) is 7.00. The molecule has 0 bridgehead atoms. The Hall–Kier alpha value is -0.136. The van der Waals surface area contributed by atoms with Gasteiger partial charge in [0.2, 0.25) is 0 Å². The third kappa shape index (κ3) is 4.48. The lowest BCUT2D eigenvalue weighted by atomic mass is 9.75. The molecule has 1 heterocycles. The molecule has 0 amide bonds. The highest BCUT2D eigenvalue weighted by Gasteiger charge is 2.48. The maximum atomic E-state index is 12.7. The fourth-order valence-corrected chi connectivity index (χ4v) is 18.5. The molecule has 3 atom stereocenters. The van der Waals surface area contributed by atoms with Crippen LogP contribution in [0.4, 0.5) is 0 Å². The zero-order valence-electron chi connectivity index (χ0n) is 16.3. The van der Waals surface area contributed by atoms with Crippen LogP contribution in [0.5, 0.6) is 0 Å². The molecule has 1 aliphatic heterocycles. The molecule has 1 aliphatic carbocycles. The van der Waals surface area contributed by atoms with Crippen LogP contribution in [0.25, 0.3) is 0 Å². The summed E-state index contributed by atoms with van der Waals surface area (Å²) in [5, 5.41) is 0. The molecule has 0 N–H and O–H groups in total. The number of carbonyl (C=O) groups excluding carboxylic acids is 1. The fourth-order valence-electron chi connectivity index (χ4n) is 4.71. The molecule has 0 unspecified atom stereocenters. The van der Waals surface area contributed by atoms with Crippen LogP contribution in [0.3, 0.4) is 0 Å². The maximum Gasteiger partial charge on any atom is 0.319 e. The monoisotopic (exact) mass is 355 g/mol. The van der Waals surface area contributed by atoms with Gasteiger partial charge in [0.1, 0.15) is 22.6 Å². The Labute approximate surface area is 145 Å². The normalized spacial score (nSPS) is 33.8. The fraction of sp³-hybridized carbons (Fsp3) is 0.944. The molecule has 1 saturated carbocycles. The Morgan fingerprint density at radius 3 is 2.22 bits per heavy atom. The van der Waals surface area contributed by atoms with Crippen molar-refractivity contribution >= 4 is 22.4 Å². The summed E-state index contributed by atoms with van der Waals surface area (Å²) in [6, 6.07) is 2.68. The molecule has 0 aromatic heterocycles. The van der Waals surface area contributed by atoms with Gasteiger partial charge in [-0.3, -0.25) is 4.79 Å². The zero-order chi connectivity index (χ0) is 17.4. The van der Waals surface area contributed by atoms with E-state index in [1.54, 1.807) is 0 Å². The van der Waals surface area contributed by atoms with Crippen LogP contribution in [0.15, 0.2) is 0 Å². The molecule has 0 aromatic carbocycles. The molecule has 0 aromatic rings. The predicted octanol–water partition coefficient (Wildman–Crippen LogP) is 4.72. The van der Waals surface area contributed by atoms with Crippen LogP contribution in [-0.2, 0) is 9.53 Å². The van der Waals surface area contributed by atoms with Crippen molar-refractivity contribution in [3.63, 3.8) is 0 Å². The van der Waals surface area contributed by atoms with Gasteiger partial charge in [-0.25, -0.2) is 0 Å². The van der Waals surface area contributed by atoms with E-state index in [2.05, 4.69) is 51.2 Å². The zero-order valence-corrected chi connectivity index (χ0v) is 18.3. The van der Waals surface area contributed by atoms with Gasteiger partial charge in [-0.15, -0.1) is 0 Å². The van der Waals surface area contributed by atoms with Crippen LogP contribution >= 0.6 is 0 Å². The van der Waals surface area contributed by atoms with E-state index in [4.69, 9.17) is 4.74 Å². The van der Waals surface area contributed by atoms with Crippen molar-refractivity contribution in [1.82, 2.24) is 4.23 Å². The molecule has 134 valence electrons. The first-order chi connectivity index (χ1) is 10.5. The second-order valence-corrected chi connectivity index (χ2v) is 19.3. The Balaban J connectivity index is 2.00. The van der Waals surface area contributed by atoms with Gasteiger partial charge in [0, 0.05) is 0 Å². The van der Waals surface area contributed by atoms with Gasteiger partial charge in [0.15, 0.2) is 0 Å². The van der Waals surface area contributed by atoms with Crippen molar-refractivity contribution in [1.29, 1.82) is 0 Å². The largest absolute Gasteiger partial charge is 0.461 e. The van der Waals surface area contributed by atoms with Crippen molar-refractivity contribution in [3.8, 4) is 0 Å². The first-order valence-corrected chi connectivity index (χ1v) is 15.8. The molecule has 0 radical (unpaired) electrons. The molecule has 23 heavy (non-hydrogen) atoms. The van der Waals surface area contributed by atoms with Crippen molar-refractivity contribution < 1.29 is 9.53 Å². The van der Waals surface area contributed by atoms with Gasteiger partial charge in [-0.1, -0.05) is 53.4 Å². The maximum absolute atomic E-state index is 12.7. The summed E-state index contributed by atoms with van der Waals surface area (Å²) < 4.78 is 8.67. The lowest BCUT2D eigenvalue weighted by Gasteiger charge is -2.40. The van der Waals surface area contributed by atoms with Crippen LogP contribution < -0.4 is 0 Å². The Bertz CT molecular complexity index is 421. The number of nitrogens with zero attached hydrogens (tertiary/aromatic N) is 1. The summed E-state index contributed by atoms with van der Waals surface area (Å²) >= 11 is 0. The molecule has 3 nitrogen and oxygen atoms in total. The Morgan fingerprint density at radius 1 is 1.13 bits per heavy atom. The van der Waals surface area contributed by atoms with Crippen molar-refractivity contribution in [3.05, 3.63) is 0 Å². The van der Waals surface area contributed by atoms with E-state index >= 15 is 0 Å². The lowest BCUT2D eigenvalue weighted by Crippen LogP contribution is -2.57. The number of hydrogen-bond acceptors (Lipinski definition) is 3. The summed E-state index contributed by atoms with van der Waals surface area (Å²) in [7, 11) is -2.78. The summed E-state index contributed by atoms with van der Waals surface area (Å²) in [6.07, 6.45) is 3.68. The van der Waals surface area contributed by atoms with Gasteiger partial charge in [0.05, 0.1) is 6.54 Å². The minimum absolute atomic E-state index is 0.0396. The minimum Gasteiger partial charge on any atom is -0.461 e. The second-order valence-electron chi connectivity index (χ2n) is 9.57. The molecule has 2 rings (SSSR count). The van der Waals surface area contributed by atoms with E-state index in [9.17, 15) is 4.79 Å². The molecule has 1 saturated heterocycles. The lowest BCUT2D eigenvalue weighted by molar-refractivity contribution is -0.155. The minimum atomic E-state index is -1.39. The van der Waals surface area contributed by atoms with Crippen molar-refractivity contribution in [2.75, 3.05) is 6.54 Å². The quantitative estimate of drug-likeness (QED) is 0.540. The molecular formula is C18H37NO2Si2. The number of carbonyl (C=O) groups is 1. The third-order valence-electron chi connectivity index (χ3n) is 6.34. The number of rotatable bonds is 4. The topological polar surface area (TPSA) is 29.5 Å². The number of ether oxygens (including phenoxy) is 1. The standard InChI is InChI=1S/C18H37NO2Si2/c1-14(2)16-9-8-15(3)12-17(16)21-18(20)13-19-22(4,5)10-11-23(19,6)7/h14-17H,8-13H2,1-7H3/t15-,16+,17-/m1/s1. The highest BCUT2D eigenvalue weighted by molar-refractivity contribution is 6.95. The van der Waals surface area contributed by atoms with Gasteiger partial charge < -0.3 is 8.97 Å². The van der Waals surface area contributed by atoms with E-state index in [1.807, 2.05) is 0 Å². The molecule has 2 aliphatic rings. The van der Waals surface area contributed by atoms with Crippen molar-refractivity contribution in [2.45, 2.75) is 84.4 Å². The van der Waals surface area contributed by atoms with E-state index in [1.165, 1.54) is 24.9 Å². The summed E-state index contributed by atoms with van der Waals surface area (Å²) in [5.41, 5.74) is 0. The molecule has 0 spiro atoms. The first kappa shape index (κ1) is 19.2. The van der Waals surface area contributed by atoms with Crippen LogP contribution in [0.1, 0.15) is 40.0 Å². The highest BCUT2D eigenvalue weighted by Crippen LogP contribution is 2.38. The summed E-state index contributed by atoms with van der Waals surface area (Å²) in [4.78, 5) is 12.7. The number of hydrogen-bond donors (Lipinski definition) is 0. The Kier molecular flexibility index (Phi) is 5.84. The molecular weight excluding hydrogens is 318 g/mol. The average molecular weight is 356 g/mol. The average Bonchev–Trinajstić information content (AvgIpc) is 2.61. The van der Waals surface area contributed by atoms with Gasteiger partial charge in [-0.05, 0) is 42.7 Å². The van der Waals surface area contributed by atoms with Gasteiger partial charge in [0.25, 0.3) is 0 Å². The van der Waals surface area contributed by atoms with Gasteiger partial charge in [-0.2, -0.15) is 0 Å². The van der Waals surface area contributed by atoms with Crippen LogP contribution in [-0.4, -0.2) is 39.3 Å². The van der Waals surface area contributed by atoms with Crippen molar-refractivity contribution in [2.24, 2.45) is 17.8 Å². The SMILES string of the molecule is CC(C)[C@@H]1CC[C@@H](C)C[C@H]1OC(=O)CN1[Si](C)(C)CC[Si]1(C)C. The first-order valence-electron chi connectivity index (χ1n) is 9.50. The molecule has 2 fully saturated rings. The van der Waals surface area contributed by atoms with E-state index < -0.39 is 16.5 Å². The molecule has 5 heteroatoms. The summed E-state index contributed by atoms with van der Waals surface area (Å²) in [5.74, 6) is 1.87. The highest BCUT2D eigenvalue weighted by atomic mass is 28.4. The van der Waals surface area contributed by atoms with E-state index in [0.29, 0.717) is 24.3 Å². The smallest absolute Gasteiger partial charge is 0.319 e. The van der Waals surface area contributed by atoms with E-state index in [-0.39, 0.29) is 12.1 Å².